The number of aromatic nitrogens is 2. The van der Waals surface area contributed by atoms with E-state index < -0.39 is 0 Å². The minimum atomic E-state index is 0. The Morgan fingerprint density at radius 1 is 1.14 bits per heavy atom. The SMILES string of the molecule is COc1cccc(Cn2ccc3c(N[C@H]4CCNC4)nc4ccccc4c32)c1.Cl. The third kappa shape index (κ3) is 3.76. The number of pyridine rings is 1. The number of benzene rings is 2. The Morgan fingerprint density at radius 2 is 2.03 bits per heavy atom. The molecule has 6 heteroatoms. The lowest BCUT2D eigenvalue weighted by Gasteiger charge is -2.15. The lowest BCUT2D eigenvalue weighted by Crippen LogP contribution is -2.22. The Morgan fingerprint density at radius 3 is 2.86 bits per heavy atom. The van der Waals surface area contributed by atoms with Gasteiger partial charge < -0.3 is 19.9 Å². The molecule has 0 amide bonds. The van der Waals surface area contributed by atoms with Gasteiger partial charge in [-0.15, -0.1) is 12.4 Å². The van der Waals surface area contributed by atoms with Gasteiger partial charge >= 0.3 is 0 Å². The number of nitrogens with one attached hydrogen (secondary N) is 2. The number of hydrogen-bond acceptors (Lipinski definition) is 4. The number of rotatable bonds is 5. The van der Waals surface area contributed by atoms with Crippen LogP contribution in [0.2, 0.25) is 0 Å². The number of anilines is 1. The normalized spacial score (nSPS) is 16.1. The zero-order valence-corrected chi connectivity index (χ0v) is 17.2. The van der Waals surface area contributed by atoms with Gasteiger partial charge in [0.1, 0.15) is 11.6 Å². The molecule has 1 atom stereocenters. The summed E-state index contributed by atoms with van der Waals surface area (Å²) in [6.07, 6.45) is 3.29. The van der Waals surface area contributed by atoms with Crippen molar-refractivity contribution < 1.29 is 4.74 Å². The van der Waals surface area contributed by atoms with Gasteiger partial charge in [0.2, 0.25) is 0 Å². The Bertz CT molecular complexity index is 1130. The minimum Gasteiger partial charge on any atom is -0.497 e. The molecule has 5 nitrogen and oxygen atoms in total. The summed E-state index contributed by atoms with van der Waals surface area (Å²) in [5.41, 5.74) is 3.46. The molecule has 1 aliphatic heterocycles. The number of nitrogens with zero attached hydrogens (tertiary/aromatic N) is 2. The van der Waals surface area contributed by atoms with Gasteiger partial charge in [-0.25, -0.2) is 4.98 Å². The third-order valence-corrected chi connectivity index (χ3v) is 5.50. The van der Waals surface area contributed by atoms with Crippen molar-refractivity contribution in [2.45, 2.75) is 19.0 Å². The third-order valence-electron chi connectivity index (χ3n) is 5.50. The Hall–Kier alpha value is -2.76. The van der Waals surface area contributed by atoms with Gasteiger partial charge in [0.15, 0.2) is 0 Å². The average Bonchev–Trinajstić information content (AvgIpc) is 3.39. The van der Waals surface area contributed by atoms with E-state index in [4.69, 9.17) is 9.72 Å². The molecule has 2 aromatic heterocycles. The summed E-state index contributed by atoms with van der Waals surface area (Å²) in [7, 11) is 1.71. The number of para-hydroxylation sites is 1. The van der Waals surface area contributed by atoms with E-state index in [2.05, 4.69) is 63.9 Å². The summed E-state index contributed by atoms with van der Waals surface area (Å²) < 4.78 is 7.70. The van der Waals surface area contributed by atoms with Crippen molar-refractivity contribution in [2.24, 2.45) is 0 Å². The second-order valence-corrected chi connectivity index (χ2v) is 7.37. The fraction of sp³-hybridized carbons (Fsp3) is 0.261. The van der Waals surface area contributed by atoms with Crippen LogP contribution < -0.4 is 15.4 Å². The predicted octanol–water partition coefficient (Wildman–Crippen LogP) is 4.44. The number of ether oxygens (including phenoxy) is 1. The number of hydrogen-bond donors (Lipinski definition) is 2. The molecule has 2 aromatic carbocycles. The van der Waals surface area contributed by atoms with Crippen molar-refractivity contribution in [1.82, 2.24) is 14.9 Å². The predicted molar refractivity (Wildman–Crippen MR) is 121 cm³/mol. The van der Waals surface area contributed by atoms with E-state index in [9.17, 15) is 0 Å². The van der Waals surface area contributed by atoms with Gasteiger partial charge in [0.05, 0.1) is 18.1 Å². The van der Waals surface area contributed by atoms with Crippen LogP contribution in [0.4, 0.5) is 5.82 Å². The number of methoxy groups -OCH3 is 1. The molecule has 150 valence electrons. The van der Waals surface area contributed by atoms with Crippen LogP contribution in [0, 0.1) is 0 Å². The standard InChI is InChI=1S/C23H24N4O.ClH/c1-28-18-6-4-5-16(13-18)15-27-12-10-20-22(27)19-7-2-3-8-21(19)26-23(20)25-17-9-11-24-14-17;/h2-8,10,12-13,17,24H,9,11,14-15H2,1H3,(H,25,26);1H/t17-;/m0./s1. The second kappa shape index (κ2) is 8.31. The molecule has 1 saturated heterocycles. The fourth-order valence-corrected chi connectivity index (χ4v) is 4.10. The maximum Gasteiger partial charge on any atom is 0.136 e. The van der Waals surface area contributed by atoms with Crippen molar-refractivity contribution in [3.05, 3.63) is 66.4 Å². The van der Waals surface area contributed by atoms with Gasteiger partial charge in [-0.1, -0.05) is 30.3 Å². The first-order valence-electron chi connectivity index (χ1n) is 9.79. The van der Waals surface area contributed by atoms with Crippen LogP contribution in [-0.2, 0) is 6.54 Å². The monoisotopic (exact) mass is 408 g/mol. The zero-order valence-electron chi connectivity index (χ0n) is 16.4. The van der Waals surface area contributed by atoms with E-state index in [1.165, 1.54) is 21.9 Å². The topological polar surface area (TPSA) is 51.1 Å². The highest BCUT2D eigenvalue weighted by Crippen LogP contribution is 2.31. The fourth-order valence-electron chi connectivity index (χ4n) is 4.10. The van der Waals surface area contributed by atoms with E-state index in [0.717, 1.165) is 43.1 Å². The molecular weight excluding hydrogens is 384 g/mol. The largest absolute Gasteiger partial charge is 0.497 e. The molecule has 0 radical (unpaired) electrons. The summed E-state index contributed by atoms with van der Waals surface area (Å²) in [5.74, 6) is 1.86. The van der Waals surface area contributed by atoms with E-state index >= 15 is 0 Å². The maximum atomic E-state index is 5.39. The number of fused-ring (bicyclic) bond motifs is 3. The Kier molecular flexibility index (Phi) is 5.60. The van der Waals surface area contributed by atoms with E-state index in [0.29, 0.717) is 6.04 Å². The van der Waals surface area contributed by atoms with Crippen LogP contribution in [0.25, 0.3) is 21.8 Å². The van der Waals surface area contributed by atoms with Crippen molar-refractivity contribution in [3.8, 4) is 5.75 Å². The summed E-state index contributed by atoms with van der Waals surface area (Å²) in [5, 5.41) is 9.44. The van der Waals surface area contributed by atoms with Crippen LogP contribution >= 0.6 is 12.4 Å². The van der Waals surface area contributed by atoms with Crippen molar-refractivity contribution in [1.29, 1.82) is 0 Å². The first-order valence-corrected chi connectivity index (χ1v) is 9.79. The molecular formula is C23H25ClN4O. The summed E-state index contributed by atoms with van der Waals surface area (Å²) >= 11 is 0. The van der Waals surface area contributed by atoms with Gasteiger partial charge in [-0.2, -0.15) is 0 Å². The summed E-state index contributed by atoms with van der Waals surface area (Å²) in [6.45, 7) is 2.84. The van der Waals surface area contributed by atoms with Crippen LogP contribution in [0.15, 0.2) is 60.8 Å². The highest BCUT2D eigenvalue weighted by molar-refractivity contribution is 6.08. The summed E-state index contributed by atoms with van der Waals surface area (Å²) in [4.78, 5) is 4.94. The van der Waals surface area contributed by atoms with Gasteiger partial charge in [0.25, 0.3) is 0 Å². The molecule has 2 N–H and O–H groups in total. The van der Waals surface area contributed by atoms with Crippen molar-refractivity contribution in [2.75, 3.05) is 25.5 Å². The minimum absolute atomic E-state index is 0. The number of halogens is 1. The molecule has 0 bridgehead atoms. The molecule has 1 aliphatic rings. The van der Waals surface area contributed by atoms with E-state index in [1.807, 2.05) is 12.1 Å². The van der Waals surface area contributed by atoms with Crippen LogP contribution in [-0.4, -0.2) is 35.8 Å². The average molecular weight is 409 g/mol. The molecule has 4 aromatic rings. The molecule has 0 aliphatic carbocycles. The lowest BCUT2D eigenvalue weighted by molar-refractivity contribution is 0.414. The highest BCUT2D eigenvalue weighted by atomic mass is 35.5. The molecule has 0 saturated carbocycles. The first-order chi connectivity index (χ1) is 13.8. The molecule has 5 rings (SSSR count). The van der Waals surface area contributed by atoms with E-state index in [-0.39, 0.29) is 12.4 Å². The van der Waals surface area contributed by atoms with Gasteiger partial charge in [0, 0.05) is 36.1 Å². The highest BCUT2D eigenvalue weighted by Gasteiger charge is 2.18. The Labute approximate surface area is 176 Å². The molecule has 1 fully saturated rings. The van der Waals surface area contributed by atoms with Gasteiger partial charge in [-0.3, -0.25) is 0 Å². The quantitative estimate of drug-likeness (QED) is 0.512. The van der Waals surface area contributed by atoms with Crippen LogP contribution in [0.3, 0.4) is 0 Å². The zero-order chi connectivity index (χ0) is 18.9. The molecule has 29 heavy (non-hydrogen) atoms. The first kappa shape index (κ1) is 19.6. The molecule has 0 spiro atoms. The maximum absolute atomic E-state index is 5.39. The molecule has 3 heterocycles. The smallest absolute Gasteiger partial charge is 0.136 e. The molecule has 0 unspecified atom stereocenters. The van der Waals surface area contributed by atoms with Gasteiger partial charge in [-0.05, 0) is 42.8 Å². The lowest BCUT2D eigenvalue weighted by atomic mass is 10.1. The van der Waals surface area contributed by atoms with Crippen molar-refractivity contribution in [3.63, 3.8) is 0 Å². The van der Waals surface area contributed by atoms with Crippen LogP contribution in [0.1, 0.15) is 12.0 Å². The second-order valence-electron chi connectivity index (χ2n) is 7.37. The van der Waals surface area contributed by atoms with Crippen molar-refractivity contribution >= 4 is 40.0 Å². The Balaban J connectivity index is 0.00000205. The summed E-state index contributed by atoms with van der Waals surface area (Å²) in [6, 6.07) is 19.3. The van der Waals surface area contributed by atoms with E-state index in [1.54, 1.807) is 7.11 Å². The van der Waals surface area contributed by atoms with Crippen LogP contribution in [0.5, 0.6) is 5.75 Å².